The van der Waals surface area contributed by atoms with Crippen LogP contribution in [0.2, 0.25) is 0 Å². The van der Waals surface area contributed by atoms with Gasteiger partial charge in [0, 0.05) is 18.0 Å². The lowest BCUT2D eigenvalue weighted by Gasteiger charge is -2.07. The summed E-state index contributed by atoms with van der Waals surface area (Å²) in [6.45, 7) is 0. The normalized spacial score (nSPS) is 9.71. The van der Waals surface area contributed by atoms with E-state index in [-0.39, 0.29) is 6.03 Å². The fraction of sp³-hybridized carbons (Fsp3) is 0.0909. The fourth-order valence-electron chi connectivity index (χ4n) is 1.31. The van der Waals surface area contributed by atoms with Gasteiger partial charge >= 0.3 is 6.03 Å². The highest BCUT2D eigenvalue weighted by Crippen LogP contribution is 2.16. The number of ether oxygens (including phenoxy) is 1. The van der Waals surface area contributed by atoms with Crippen LogP contribution in [0.3, 0.4) is 0 Å². The zero-order chi connectivity index (χ0) is 12.1. The topological polar surface area (TPSA) is 79.0 Å². The molecular weight excluding hydrogens is 220 g/mol. The van der Waals surface area contributed by atoms with E-state index in [1.165, 1.54) is 6.20 Å². The summed E-state index contributed by atoms with van der Waals surface area (Å²) in [7, 11) is 1.57. The number of methoxy groups -OCH3 is 1. The summed E-state index contributed by atoms with van der Waals surface area (Å²) in [6, 6.07) is 6.78. The van der Waals surface area contributed by atoms with Crippen LogP contribution in [-0.4, -0.2) is 23.3 Å². The number of aromatic nitrogens is 2. The van der Waals surface area contributed by atoms with Crippen molar-refractivity contribution in [2.45, 2.75) is 0 Å². The molecule has 0 aliphatic carbocycles. The number of carbonyl (C=O) groups excluding carboxylic acids is 1. The molecule has 2 aromatic rings. The highest BCUT2D eigenvalue weighted by atomic mass is 16.5. The quantitative estimate of drug-likeness (QED) is 0.757. The van der Waals surface area contributed by atoms with Crippen LogP contribution in [0.4, 0.5) is 16.2 Å². The summed E-state index contributed by atoms with van der Waals surface area (Å²) < 4.78 is 5.06. The number of anilines is 2. The molecule has 1 aromatic carbocycles. The van der Waals surface area contributed by atoms with Gasteiger partial charge in [0.25, 0.3) is 0 Å². The van der Waals surface area contributed by atoms with Crippen molar-refractivity contribution in [3.8, 4) is 5.75 Å². The predicted octanol–water partition coefficient (Wildman–Crippen LogP) is 2.06. The van der Waals surface area contributed by atoms with Crippen molar-refractivity contribution in [3.05, 3.63) is 36.7 Å². The Morgan fingerprint density at radius 1 is 1.35 bits per heavy atom. The van der Waals surface area contributed by atoms with Crippen molar-refractivity contribution in [1.29, 1.82) is 0 Å². The van der Waals surface area contributed by atoms with Gasteiger partial charge in [-0.2, -0.15) is 5.10 Å². The van der Waals surface area contributed by atoms with Crippen LogP contribution in [-0.2, 0) is 0 Å². The number of benzene rings is 1. The SMILES string of the molecule is COc1cccc(NC(=O)Nc2cn[nH]c2)c1. The van der Waals surface area contributed by atoms with E-state index in [1.807, 2.05) is 0 Å². The van der Waals surface area contributed by atoms with Crippen molar-refractivity contribution >= 4 is 17.4 Å². The Balaban J connectivity index is 1.98. The molecule has 2 amide bonds. The van der Waals surface area contributed by atoms with Crippen molar-refractivity contribution < 1.29 is 9.53 Å². The van der Waals surface area contributed by atoms with E-state index in [2.05, 4.69) is 20.8 Å². The van der Waals surface area contributed by atoms with E-state index < -0.39 is 0 Å². The summed E-state index contributed by atoms with van der Waals surface area (Å²) in [5.74, 6) is 0.686. The lowest BCUT2D eigenvalue weighted by atomic mass is 10.3. The maximum atomic E-state index is 11.6. The Labute approximate surface area is 98.0 Å². The Bertz CT molecular complexity index is 496. The summed E-state index contributed by atoms with van der Waals surface area (Å²) in [4.78, 5) is 11.6. The molecular formula is C11H12N4O2. The molecule has 1 aromatic heterocycles. The monoisotopic (exact) mass is 232 g/mol. The molecule has 0 saturated carbocycles. The van der Waals surface area contributed by atoms with Gasteiger partial charge in [-0.25, -0.2) is 4.79 Å². The van der Waals surface area contributed by atoms with Gasteiger partial charge in [0.05, 0.1) is 19.0 Å². The number of H-pyrrole nitrogens is 1. The lowest BCUT2D eigenvalue weighted by molar-refractivity contribution is 0.262. The van der Waals surface area contributed by atoms with Gasteiger partial charge in [-0.05, 0) is 12.1 Å². The van der Waals surface area contributed by atoms with Crippen LogP contribution in [0.1, 0.15) is 0 Å². The maximum Gasteiger partial charge on any atom is 0.323 e. The molecule has 88 valence electrons. The molecule has 2 rings (SSSR count). The minimum atomic E-state index is -0.334. The standard InChI is InChI=1S/C11H12N4O2/c1-17-10-4-2-3-8(5-10)14-11(16)15-9-6-12-13-7-9/h2-7H,1H3,(H,12,13)(H2,14,15,16). The van der Waals surface area contributed by atoms with Gasteiger partial charge in [-0.15, -0.1) is 0 Å². The number of aromatic amines is 1. The molecule has 0 fully saturated rings. The lowest BCUT2D eigenvalue weighted by Crippen LogP contribution is -2.18. The molecule has 0 atom stereocenters. The minimum Gasteiger partial charge on any atom is -0.497 e. The van der Waals surface area contributed by atoms with Crippen LogP contribution in [0.25, 0.3) is 0 Å². The van der Waals surface area contributed by atoms with Crippen LogP contribution in [0.15, 0.2) is 36.7 Å². The highest BCUT2D eigenvalue weighted by molar-refractivity contribution is 5.99. The van der Waals surface area contributed by atoms with Gasteiger partial charge in [-0.3, -0.25) is 5.10 Å². The third-order valence-electron chi connectivity index (χ3n) is 2.08. The first-order chi connectivity index (χ1) is 8.28. The predicted molar refractivity (Wildman–Crippen MR) is 64.2 cm³/mol. The third kappa shape index (κ3) is 2.97. The molecule has 0 aliphatic heterocycles. The van der Waals surface area contributed by atoms with Crippen molar-refractivity contribution in [3.63, 3.8) is 0 Å². The average molecular weight is 232 g/mol. The van der Waals surface area contributed by atoms with Crippen LogP contribution in [0, 0.1) is 0 Å². The smallest absolute Gasteiger partial charge is 0.323 e. The first-order valence-corrected chi connectivity index (χ1v) is 4.99. The molecule has 0 saturated heterocycles. The van der Waals surface area contributed by atoms with Crippen molar-refractivity contribution in [1.82, 2.24) is 10.2 Å². The van der Waals surface area contributed by atoms with Crippen LogP contribution < -0.4 is 15.4 Å². The van der Waals surface area contributed by atoms with E-state index in [4.69, 9.17) is 4.74 Å². The molecule has 6 heteroatoms. The zero-order valence-corrected chi connectivity index (χ0v) is 9.23. The molecule has 6 nitrogen and oxygen atoms in total. The van der Waals surface area contributed by atoms with E-state index in [9.17, 15) is 4.79 Å². The molecule has 0 radical (unpaired) electrons. The average Bonchev–Trinajstić information content (AvgIpc) is 2.82. The van der Waals surface area contributed by atoms with Gasteiger partial charge in [-0.1, -0.05) is 6.07 Å². The van der Waals surface area contributed by atoms with Crippen LogP contribution >= 0.6 is 0 Å². The van der Waals surface area contributed by atoms with Gasteiger partial charge in [0.1, 0.15) is 5.75 Å². The first kappa shape index (κ1) is 11.0. The van der Waals surface area contributed by atoms with E-state index in [1.54, 1.807) is 37.6 Å². The number of carbonyl (C=O) groups is 1. The number of nitrogens with one attached hydrogen (secondary N) is 3. The van der Waals surface area contributed by atoms with Crippen LogP contribution in [0.5, 0.6) is 5.75 Å². The van der Waals surface area contributed by atoms with Crippen molar-refractivity contribution in [2.75, 3.05) is 17.7 Å². The third-order valence-corrected chi connectivity index (χ3v) is 2.08. The number of rotatable bonds is 3. The summed E-state index contributed by atoms with van der Waals surface area (Å²) in [5, 5.41) is 11.6. The summed E-state index contributed by atoms with van der Waals surface area (Å²) in [6.07, 6.45) is 3.11. The summed E-state index contributed by atoms with van der Waals surface area (Å²) >= 11 is 0. The number of hydrogen-bond donors (Lipinski definition) is 3. The second-order valence-electron chi connectivity index (χ2n) is 3.30. The Morgan fingerprint density at radius 2 is 2.18 bits per heavy atom. The van der Waals surface area contributed by atoms with Gasteiger partial charge in [0.2, 0.25) is 0 Å². The molecule has 3 N–H and O–H groups in total. The zero-order valence-electron chi connectivity index (χ0n) is 9.23. The number of nitrogens with zero attached hydrogens (tertiary/aromatic N) is 1. The second kappa shape index (κ2) is 5.02. The molecule has 1 heterocycles. The van der Waals surface area contributed by atoms with E-state index in [0.29, 0.717) is 17.1 Å². The Morgan fingerprint density at radius 3 is 2.88 bits per heavy atom. The molecule has 0 aliphatic rings. The van der Waals surface area contributed by atoms with E-state index >= 15 is 0 Å². The Kier molecular flexibility index (Phi) is 3.25. The Hall–Kier alpha value is -2.50. The number of urea groups is 1. The highest BCUT2D eigenvalue weighted by Gasteiger charge is 2.03. The molecule has 0 spiro atoms. The molecule has 0 bridgehead atoms. The van der Waals surface area contributed by atoms with Gasteiger partial charge in [0.15, 0.2) is 0 Å². The molecule has 17 heavy (non-hydrogen) atoms. The second-order valence-corrected chi connectivity index (χ2v) is 3.30. The first-order valence-electron chi connectivity index (χ1n) is 4.99. The number of amides is 2. The maximum absolute atomic E-state index is 11.6. The fourth-order valence-corrected chi connectivity index (χ4v) is 1.31. The minimum absolute atomic E-state index is 0.334. The van der Waals surface area contributed by atoms with Gasteiger partial charge < -0.3 is 15.4 Å². The van der Waals surface area contributed by atoms with Crippen molar-refractivity contribution in [2.24, 2.45) is 0 Å². The molecule has 0 unspecified atom stereocenters. The van der Waals surface area contributed by atoms with E-state index in [0.717, 1.165) is 0 Å². The largest absolute Gasteiger partial charge is 0.497 e. The number of hydrogen-bond acceptors (Lipinski definition) is 3. The summed E-state index contributed by atoms with van der Waals surface area (Å²) in [5.41, 5.74) is 1.26.